The van der Waals surface area contributed by atoms with Crippen LogP contribution in [-0.4, -0.2) is 145 Å². The summed E-state index contributed by atoms with van der Waals surface area (Å²) in [4.78, 5) is 44.8. The Hall–Kier alpha value is -7.16. The third kappa shape index (κ3) is 13.2. The molecule has 2 aromatic carbocycles. The average molecular weight is 1020 g/mol. The topological polar surface area (TPSA) is 222 Å². The lowest BCUT2D eigenvalue weighted by Gasteiger charge is -2.26. The number of carboxylic acids is 1. The number of rotatable bonds is 15. The second-order valence-electron chi connectivity index (χ2n) is 15.4. The molecule has 71 heavy (non-hydrogen) atoms. The minimum Gasteiger partial charge on any atom is -0.492 e. The lowest BCUT2D eigenvalue weighted by molar-refractivity contribution is 0.0321. The number of carbonyl (C=O) groups excluding carboxylic acids is 1. The Kier molecular flexibility index (Phi) is 17.1. The number of thiazole rings is 2. The van der Waals surface area contributed by atoms with Crippen molar-refractivity contribution in [3.8, 4) is 34.3 Å². The summed E-state index contributed by atoms with van der Waals surface area (Å²) in [5, 5.41) is 25.2. The van der Waals surface area contributed by atoms with Crippen molar-refractivity contribution in [1.29, 1.82) is 0 Å². The third-order valence-corrected chi connectivity index (χ3v) is 12.2. The smallest absolute Gasteiger partial charge is 0.339 e. The van der Waals surface area contributed by atoms with E-state index < -0.39 is 24.7 Å². The Bertz CT molecular complexity index is 3000. The number of fused-ring (bicyclic) bond motifs is 2. The Balaban J connectivity index is 0.000000172. The van der Waals surface area contributed by atoms with Crippen molar-refractivity contribution in [3.63, 3.8) is 0 Å². The summed E-state index contributed by atoms with van der Waals surface area (Å²) >= 11 is 2.73. The summed E-state index contributed by atoms with van der Waals surface area (Å²) in [5.74, 6) is -0.782. The van der Waals surface area contributed by atoms with Crippen LogP contribution in [0.1, 0.15) is 44.7 Å². The van der Waals surface area contributed by atoms with Crippen LogP contribution in [0.3, 0.4) is 0 Å². The molecule has 0 aliphatic carbocycles. The van der Waals surface area contributed by atoms with E-state index >= 15 is 0 Å². The lowest BCUT2D eigenvalue weighted by atomic mass is 10.1. The highest BCUT2D eigenvalue weighted by Gasteiger charge is 2.23. The fourth-order valence-corrected chi connectivity index (χ4v) is 8.24. The molecule has 25 heteroatoms. The van der Waals surface area contributed by atoms with Crippen LogP contribution in [0.4, 0.5) is 27.8 Å². The number of hydrogen-bond acceptors (Lipinski definition) is 17. The van der Waals surface area contributed by atoms with Crippen LogP contribution in [0.2, 0.25) is 0 Å². The molecule has 0 atom stereocenters. The standard InChI is InChI=1S/C23H22F2N6O3S.C20H20F2N4O4.C3H4N2S/c24-19(25)18-14-15(34-12-9-30-7-10-33-11-8-30)3-4-16(18)20-27-21-17(2-1-6-31(21)29-20)22(32)28-23-26-5-13-35-23;21-17(22)16-12-13(30-11-8-25-6-9-29-10-7-25)3-4-14(16)18-23-19-15(20(27)28)2-1-5-26(19)24-18;4-3-5-1-2-6-3/h1-6,13-14,19H,7-12H2,(H,26,28,32);1-5,12,17H,6-11H2,(H,27,28);1-2H,(H2,4,5). The van der Waals surface area contributed by atoms with Gasteiger partial charge < -0.3 is 29.8 Å². The minimum absolute atomic E-state index is 0.0267. The molecule has 2 saturated heterocycles. The van der Waals surface area contributed by atoms with E-state index in [0.29, 0.717) is 74.5 Å². The van der Waals surface area contributed by atoms with Crippen molar-refractivity contribution in [2.45, 2.75) is 12.9 Å². The van der Waals surface area contributed by atoms with Gasteiger partial charge in [-0.25, -0.2) is 51.3 Å². The largest absolute Gasteiger partial charge is 0.492 e. The van der Waals surface area contributed by atoms with Gasteiger partial charge in [0.2, 0.25) is 0 Å². The molecule has 19 nitrogen and oxygen atoms in total. The second kappa shape index (κ2) is 24.1. The van der Waals surface area contributed by atoms with Gasteiger partial charge in [0.05, 0.1) is 32.0 Å². The number of morpholine rings is 2. The van der Waals surface area contributed by atoms with E-state index in [9.17, 15) is 32.3 Å². The van der Waals surface area contributed by atoms with Crippen molar-refractivity contribution in [2.75, 3.05) is 90.0 Å². The van der Waals surface area contributed by atoms with E-state index in [-0.39, 0.29) is 56.3 Å². The number of nitrogens with zero attached hydrogens (tertiary/aromatic N) is 10. The zero-order valence-electron chi connectivity index (χ0n) is 37.7. The number of pyridine rings is 2. The highest BCUT2D eigenvalue weighted by molar-refractivity contribution is 7.13. The van der Waals surface area contributed by atoms with Crippen molar-refractivity contribution in [1.82, 2.24) is 49.0 Å². The molecule has 8 aromatic rings. The number of aromatic nitrogens is 8. The van der Waals surface area contributed by atoms with E-state index in [1.54, 1.807) is 48.2 Å². The molecule has 4 N–H and O–H groups in total. The highest BCUT2D eigenvalue weighted by Crippen LogP contribution is 2.35. The van der Waals surface area contributed by atoms with E-state index in [2.05, 4.69) is 45.2 Å². The van der Waals surface area contributed by atoms with Gasteiger partial charge in [-0.05, 0) is 60.7 Å². The summed E-state index contributed by atoms with van der Waals surface area (Å²) in [6.07, 6.45) is 0.860. The first kappa shape index (κ1) is 50.2. The predicted octanol–water partition coefficient (Wildman–Crippen LogP) is 7.22. The average Bonchev–Trinajstić information content (AvgIpc) is 4.23. The van der Waals surface area contributed by atoms with Gasteiger partial charge in [0.1, 0.15) is 30.3 Å². The minimum atomic E-state index is -2.77. The van der Waals surface area contributed by atoms with Crippen molar-refractivity contribution in [2.24, 2.45) is 0 Å². The lowest BCUT2D eigenvalue weighted by Crippen LogP contribution is -2.38. The van der Waals surface area contributed by atoms with Gasteiger partial charge in [-0.1, -0.05) is 0 Å². The van der Waals surface area contributed by atoms with Gasteiger partial charge in [0.15, 0.2) is 33.2 Å². The maximum Gasteiger partial charge on any atom is 0.339 e. The number of carboxylic acid groups (broad SMARTS) is 1. The predicted molar refractivity (Wildman–Crippen MR) is 256 cm³/mol. The SMILES string of the molecule is Nc1nccs1.O=C(Nc1nccs1)c1cccn2nc(-c3ccc(OCCN4CCOCC4)cc3C(F)F)nc12.O=C(O)c1cccn2nc(-c3ccc(OCCN4CCOCC4)cc3C(F)F)nc12. The summed E-state index contributed by atoms with van der Waals surface area (Å²) in [7, 11) is 0. The molecular formula is C46H46F4N12O7S2. The van der Waals surface area contributed by atoms with Crippen LogP contribution >= 0.6 is 22.7 Å². The maximum absolute atomic E-state index is 14.0. The third-order valence-electron chi connectivity index (χ3n) is 10.9. The molecule has 1 amide bonds. The van der Waals surface area contributed by atoms with E-state index in [4.69, 9.17) is 24.7 Å². The van der Waals surface area contributed by atoms with Gasteiger partial charge in [0.25, 0.3) is 18.8 Å². The fraction of sp³-hybridized carbons (Fsp3) is 0.304. The molecule has 6 aromatic heterocycles. The molecule has 0 spiro atoms. The number of nitrogens with one attached hydrogen (secondary N) is 1. The van der Waals surface area contributed by atoms with Crippen LogP contribution in [0.5, 0.6) is 11.5 Å². The highest BCUT2D eigenvalue weighted by atomic mass is 32.1. The number of anilines is 2. The number of ether oxygens (including phenoxy) is 4. The number of alkyl halides is 4. The Morgan fingerprint density at radius 2 is 1.20 bits per heavy atom. The molecule has 0 bridgehead atoms. The molecule has 0 saturated carbocycles. The number of nitrogens with two attached hydrogens (primary N) is 1. The Morgan fingerprint density at radius 3 is 1.63 bits per heavy atom. The monoisotopic (exact) mass is 1020 g/mol. The van der Waals surface area contributed by atoms with Crippen molar-refractivity contribution in [3.05, 3.63) is 118 Å². The number of amides is 1. The molecule has 0 unspecified atom stereocenters. The summed E-state index contributed by atoms with van der Waals surface area (Å²) < 4.78 is 80.1. The number of halogens is 4. The first-order valence-electron chi connectivity index (χ1n) is 22.0. The summed E-state index contributed by atoms with van der Waals surface area (Å²) in [6.45, 7) is 8.15. The first-order valence-corrected chi connectivity index (χ1v) is 23.8. The molecule has 0 radical (unpaired) electrons. The fourth-order valence-electron chi connectivity index (χ4n) is 7.33. The number of nitrogen functional groups attached to an aromatic ring is 1. The van der Waals surface area contributed by atoms with Gasteiger partial charge in [-0.3, -0.25) is 19.9 Å². The van der Waals surface area contributed by atoms with Gasteiger partial charge in [0, 0.05) is 97.1 Å². The number of benzene rings is 2. The zero-order valence-corrected chi connectivity index (χ0v) is 39.3. The zero-order chi connectivity index (χ0) is 49.7. The van der Waals surface area contributed by atoms with Gasteiger partial charge in [-0.2, -0.15) is 0 Å². The molecule has 2 aliphatic rings. The Morgan fingerprint density at radius 1 is 0.704 bits per heavy atom. The van der Waals surface area contributed by atoms with Gasteiger partial charge >= 0.3 is 5.97 Å². The molecule has 2 fully saturated rings. The normalized spacial score (nSPS) is 14.2. The van der Waals surface area contributed by atoms with Crippen LogP contribution < -0.4 is 20.5 Å². The quantitative estimate of drug-likeness (QED) is 0.0863. The first-order chi connectivity index (χ1) is 34.5. The molecule has 10 rings (SSSR count). The Labute approximate surface area is 410 Å². The molecule has 8 heterocycles. The van der Waals surface area contributed by atoms with Crippen molar-refractivity contribution < 1.29 is 51.2 Å². The number of hydrogen-bond donors (Lipinski definition) is 3. The van der Waals surface area contributed by atoms with Crippen LogP contribution in [-0.2, 0) is 9.47 Å². The number of aromatic carboxylic acids is 1. The van der Waals surface area contributed by atoms with Crippen molar-refractivity contribution >= 4 is 56.1 Å². The van der Waals surface area contributed by atoms with Crippen LogP contribution in [0.25, 0.3) is 34.1 Å². The van der Waals surface area contributed by atoms with E-state index in [1.165, 1.54) is 74.3 Å². The van der Waals surface area contributed by atoms with E-state index in [1.807, 2.05) is 5.38 Å². The second-order valence-corrected chi connectivity index (χ2v) is 17.2. The summed E-state index contributed by atoms with van der Waals surface area (Å²) in [6, 6.07) is 14.9. The maximum atomic E-state index is 14.0. The van der Waals surface area contributed by atoms with Crippen LogP contribution in [0.15, 0.2) is 96.2 Å². The molecule has 2 aliphatic heterocycles. The van der Waals surface area contributed by atoms with Gasteiger partial charge in [-0.15, -0.1) is 32.9 Å². The molecule has 372 valence electrons. The molecular weight excluding hydrogens is 973 g/mol. The number of carbonyl (C=O) groups is 2. The van der Waals surface area contributed by atoms with Crippen LogP contribution in [0, 0.1) is 0 Å². The summed E-state index contributed by atoms with van der Waals surface area (Å²) in [5.41, 5.74) is 5.52. The van der Waals surface area contributed by atoms with E-state index in [0.717, 1.165) is 26.2 Å².